The number of benzene rings is 2. The lowest BCUT2D eigenvalue weighted by molar-refractivity contribution is 0.101. The van der Waals surface area contributed by atoms with E-state index in [0.29, 0.717) is 22.1 Å². The van der Waals surface area contributed by atoms with Gasteiger partial charge in [0.2, 0.25) is 0 Å². The second-order valence-corrected chi connectivity index (χ2v) is 7.46. The molecule has 7 heteroatoms. The van der Waals surface area contributed by atoms with Gasteiger partial charge in [-0.05, 0) is 42.5 Å². The van der Waals surface area contributed by atoms with Crippen LogP contribution in [0.15, 0.2) is 64.1 Å². The van der Waals surface area contributed by atoms with E-state index in [1.807, 2.05) is 36.4 Å². The van der Waals surface area contributed by atoms with Crippen LogP contribution in [0.1, 0.15) is 10.4 Å². The summed E-state index contributed by atoms with van der Waals surface area (Å²) >= 11 is 4.78. The SMILES string of the molecule is COc1ccc(OC)c(C(=O)CSc2ccc(-c3cccc(Br)c3)nn2)c1. The van der Waals surface area contributed by atoms with Gasteiger partial charge in [-0.2, -0.15) is 0 Å². The molecule has 1 heterocycles. The number of rotatable bonds is 7. The Hall–Kier alpha value is -2.38. The number of carbonyl (C=O) groups is 1. The van der Waals surface area contributed by atoms with E-state index in [2.05, 4.69) is 26.1 Å². The summed E-state index contributed by atoms with van der Waals surface area (Å²) in [5.74, 6) is 1.31. The van der Waals surface area contributed by atoms with E-state index in [-0.39, 0.29) is 11.5 Å². The maximum absolute atomic E-state index is 12.6. The number of methoxy groups -OCH3 is 2. The third-order valence-corrected chi connectivity index (χ3v) is 5.23. The van der Waals surface area contributed by atoms with Crippen molar-refractivity contribution in [2.75, 3.05) is 20.0 Å². The fourth-order valence-electron chi connectivity index (χ4n) is 2.45. The first-order valence-corrected chi connectivity index (χ1v) is 9.86. The number of Topliss-reactive ketones (excluding diaryl/α,β-unsaturated/α-hetero) is 1. The molecule has 5 nitrogen and oxygen atoms in total. The van der Waals surface area contributed by atoms with Gasteiger partial charge in [-0.25, -0.2) is 0 Å². The van der Waals surface area contributed by atoms with Crippen molar-refractivity contribution >= 4 is 33.5 Å². The number of carbonyl (C=O) groups excluding carboxylic acids is 1. The van der Waals surface area contributed by atoms with Crippen molar-refractivity contribution in [1.82, 2.24) is 10.2 Å². The minimum absolute atomic E-state index is 0.0615. The average Bonchev–Trinajstić information content (AvgIpc) is 2.71. The lowest BCUT2D eigenvalue weighted by Gasteiger charge is -2.09. The number of aromatic nitrogens is 2. The zero-order chi connectivity index (χ0) is 19.2. The number of hydrogen-bond donors (Lipinski definition) is 0. The molecule has 27 heavy (non-hydrogen) atoms. The van der Waals surface area contributed by atoms with Crippen LogP contribution in [0.5, 0.6) is 11.5 Å². The Balaban J connectivity index is 1.69. The van der Waals surface area contributed by atoms with Gasteiger partial charge in [-0.3, -0.25) is 4.79 Å². The van der Waals surface area contributed by atoms with Crippen LogP contribution >= 0.6 is 27.7 Å². The van der Waals surface area contributed by atoms with Crippen LogP contribution in [-0.4, -0.2) is 36.0 Å². The Kier molecular flexibility index (Phi) is 6.47. The van der Waals surface area contributed by atoms with Crippen LogP contribution in [0.2, 0.25) is 0 Å². The molecule has 0 unspecified atom stereocenters. The quantitative estimate of drug-likeness (QED) is 0.381. The van der Waals surface area contributed by atoms with Gasteiger partial charge in [0.25, 0.3) is 0 Å². The Labute approximate surface area is 170 Å². The number of halogens is 1. The number of thioether (sulfide) groups is 1. The highest BCUT2D eigenvalue weighted by atomic mass is 79.9. The van der Waals surface area contributed by atoms with Crippen LogP contribution in [0, 0.1) is 0 Å². The molecule has 0 atom stereocenters. The summed E-state index contributed by atoms with van der Waals surface area (Å²) in [4.78, 5) is 12.6. The summed E-state index contributed by atoms with van der Waals surface area (Å²) in [6.07, 6.45) is 0. The zero-order valence-electron chi connectivity index (χ0n) is 14.8. The normalized spacial score (nSPS) is 10.5. The summed E-state index contributed by atoms with van der Waals surface area (Å²) in [6.45, 7) is 0. The van der Waals surface area contributed by atoms with Crippen LogP contribution < -0.4 is 9.47 Å². The molecule has 0 saturated heterocycles. The number of ketones is 1. The van der Waals surface area contributed by atoms with Crippen molar-refractivity contribution < 1.29 is 14.3 Å². The fraction of sp³-hybridized carbons (Fsp3) is 0.150. The van der Waals surface area contributed by atoms with Crippen LogP contribution in [0.3, 0.4) is 0 Å². The van der Waals surface area contributed by atoms with Crippen molar-refractivity contribution in [2.45, 2.75) is 5.03 Å². The van der Waals surface area contributed by atoms with Gasteiger partial charge >= 0.3 is 0 Å². The van der Waals surface area contributed by atoms with E-state index in [4.69, 9.17) is 9.47 Å². The molecule has 0 saturated carbocycles. The fourth-order valence-corrected chi connectivity index (χ4v) is 3.54. The van der Waals surface area contributed by atoms with Crippen molar-refractivity contribution in [1.29, 1.82) is 0 Å². The van der Waals surface area contributed by atoms with Crippen LogP contribution in [0.4, 0.5) is 0 Å². The first-order chi connectivity index (χ1) is 13.1. The summed E-state index contributed by atoms with van der Waals surface area (Å²) in [6, 6.07) is 16.8. The summed E-state index contributed by atoms with van der Waals surface area (Å²) in [7, 11) is 3.10. The van der Waals surface area contributed by atoms with E-state index >= 15 is 0 Å². The number of hydrogen-bond acceptors (Lipinski definition) is 6. The van der Waals surface area contributed by atoms with Gasteiger partial charge in [0.05, 0.1) is 31.2 Å². The Morgan fingerprint density at radius 1 is 1.04 bits per heavy atom. The third kappa shape index (κ3) is 4.87. The van der Waals surface area contributed by atoms with Gasteiger partial charge in [0.15, 0.2) is 5.78 Å². The monoisotopic (exact) mass is 444 g/mol. The van der Waals surface area contributed by atoms with Gasteiger partial charge in [0.1, 0.15) is 16.5 Å². The van der Waals surface area contributed by atoms with Gasteiger partial charge in [0, 0.05) is 10.0 Å². The van der Waals surface area contributed by atoms with Gasteiger partial charge in [-0.1, -0.05) is 39.8 Å². The van der Waals surface area contributed by atoms with Gasteiger partial charge < -0.3 is 9.47 Å². The first-order valence-electron chi connectivity index (χ1n) is 8.08. The smallest absolute Gasteiger partial charge is 0.177 e. The molecule has 0 aliphatic heterocycles. The predicted molar refractivity (Wildman–Crippen MR) is 110 cm³/mol. The van der Waals surface area contributed by atoms with Crippen LogP contribution in [-0.2, 0) is 0 Å². The summed E-state index contributed by atoms with van der Waals surface area (Å²) < 4.78 is 11.4. The maximum atomic E-state index is 12.6. The molecule has 2 aromatic carbocycles. The van der Waals surface area contributed by atoms with E-state index in [9.17, 15) is 4.79 Å². The lowest BCUT2D eigenvalue weighted by Crippen LogP contribution is -2.06. The van der Waals surface area contributed by atoms with Crippen molar-refractivity contribution in [3.63, 3.8) is 0 Å². The minimum atomic E-state index is -0.0615. The van der Waals surface area contributed by atoms with E-state index in [1.165, 1.54) is 18.9 Å². The Morgan fingerprint density at radius 2 is 1.89 bits per heavy atom. The molecule has 0 fully saturated rings. The lowest BCUT2D eigenvalue weighted by atomic mass is 10.1. The highest BCUT2D eigenvalue weighted by molar-refractivity contribution is 9.10. The second-order valence-electron chi connectivity index (χ2n) is 5.55. The maximum Gasteiger partial charge on any atom is 0.177 e. The van der Waals surface area contributed by atoms with E-state index in [0.717, 1.165) is 15.7 Å². The molecule has 0 bridgehead atoms. The van der Waals surface area contributed by atoms with Crippen molar-refractivity contribution in [3.8, 4) is 22.8 Å². The topological polar surface area (TPSA) is 61.3 Å². The van der Waals surface area contributed by atoms with E-state index in [1.54, 1.807) is 25.3 Å². The van der Waals surface area contributed by atoms with Crippen LogP contribution in [0.25, 0.3) is 11.3 Å². The molecule has 0 N–H and O–H groups in total. The average molecular weight is 445 g/mol. The largest absolute Gasteiger partial charge is 0.497 e. The molecular formula is C20H17BrN2O3S. The predicted octanol–water partition coefficient (Wildman–Crippen LogP) is 4.90. The molecular weight excluding hydrogens is 428 g/mol. The Morgan fingerprint density at radius 3 is 2.56 bits per heavy atom. The molecule has 138 valence electrons. The molecule has 0 aliphatic carbocycles. The molecule has 3 rings (SSSR count). The van der Waals surface area contributed by atoms with Gasteiger partial charge in [-0.15, -0.1) is 10.2 Å². The standard InChI is InChI=1S/C20H17BrN2O3S/c1-25-15-6-8-19(26-2)16(11-15)18(24)12-27-20-9-7-17(22-23-20)13-4-3-5-14(21)10-13/h3-11H,12H2,1-2H3. The third-order valence-electron chi connectivity index (χ3n) is 3.82. The highest BCUT2D eigenvalue weighted by Crippen LogP contribution is 2.27. The Bertz CT molecular complexity index is 948. The molecule has 3 aromatic rings. The highest BCUT2D eigenvalue weighted by Gasteiger charge is 2.14. The molecule has 0 amide bonds. The van der Waals surface area contributed by atoms with E-state index < -0.39 is 0 Å². The summed E-state index contributed by atoms with van der Waals surface area (Å²) in [5.41, 5.74) is 2.25. The molecule has 0 spiro atoms. The summed E-state index contributed by atoms with van der Waals surface area (Å²) in [5, 5.41) is 9.15. The number of nitrogens with zero attached hydrogens (tertiary/aromatic N) is 2. The number of ether oxygens (including phenoxy) is 2. The van der Waals surface area contributed by atoms with Crippen molar-refractivity contribution in [2.24, 2.45) is 0 Å². The first kappa shape index (κ1) is 19.4. The molecule has 0 aliphatic rings. The molecule has 0 radical (unpaired) electrons. The minimum Gasteiger partial charge on any atom is -0.497 e. The molecule has 1 aromatic heterocycles. The zero-order valence-corrected chi connectivity index (χ0v) is 17.2. The second kappa shape index (κ2) is 9.01. The van der Waals surface area contributed by atoms with Crippen molar-refractivity contribution in [3.05, 3.63) is 64.6 Å².